The fourth-order valence-corrected chi connectivity index (χ4v) is 3.40. The molecule has 0 radical (unpaired) electrons. The molecule has 4 rings (SSSR count). The smallest absolute Gasteiger partial charge is 0.293 e. The van der Waals surface area contributed by atoms with Crippen molar-refractivity contribution in [2.45, 2.75) is 25.2 Å². The van der Waals surface area contributed by atoms with Gasteiger partial charge in [-0.1, -0.05) is 11.2 Å². The Hall–Kier alpha value is -2.91. The average molecular weight is 394 g/mol. The zero-order valence-electron chi connectivity index (χ0n) is 14.8. The van der Waals surface area contributed by atoms with Crippen molar-refractivity contribution < 1.29 is 27.3 Å². The second kappa shape index (κ2) is 6.61. The Labute approximate surface area is 157 Å². The molecule has 1 saturated carbocycles. The van der Waals surface area contributed by atoms with Gasteiger partial charge in [-0.3, -0.25) is 9.59 Å². The number of hydrogen-bond donors (Lipinski definition) is 1. The van der Waals surface area contributed by atoms with Gasteiger partial charge < -0.3 is 14.7 Å². The Morgan fingerprint density at radius 1 is 1.25 bits per heavy atom. The van der Waals surface area contributed by atoms with Crippen molar-refractivity contribution >= 4 is 11.8 Å². The van der Waals surface area contributed by atoms with Crippen molar-refractivity contribution in [2.75, 3.05) is 19.6 Å². The molecular formula is C18H17F3N4O3. The number of amides is 2. The number of carbonyl (C=O) groups excluding carboxylic acids is 2. The van der Waals surface area contributed by atoms with E-state index in [0.29, 0.717) is 18.4 Å². The summed E-state index contributed by atoms with van der Waals surface area (Å²) in [4.78, 5) is 29.2. The van der Waals surface area contributed by atoms with Crippen molar-refractivity contribution in [1.29, 1.82) is 0 Å². The molecule has 1 aliphatic heterocycles. The molecule has 1 aromatic heterocycles. The first-order chi connectivity index (χ1) is 13.3. The molecule has 1 saturated heterocycles. The van der Waals surface area contributed by atoms with Crippen LogP contribution in [0.4, 0.5) is 13.2 Å². The molecule has 2 aliphatic rings. The van der Waals surface area contributed by atoms with Crippen LogP contribution < -0.4 is 5.32 Å². The molecule has 148 valence electrons. The van der Waals surface area contributed by atoms with Crippen molar-refractivity contribution in [3.8, 4) is 11.5 Å². The van der Waals surface area contributed by atoms with E-state index in [1.807, 2.05) is 0 Å². The number of benzene rings is 1. The van der Waals surface area contributed by atoms with Gasteiger partial charge in [-0.2, -0.15) is 4.98 Å². The van der Waals surface area contributed by atoms with Gasteiger partial charge in [0.25, 0.3) is 23.5 Å². The van der Waals surface area contributed by atoms with E-state index < -0.39 is 42.1 Å². The number of rotatable bonds is 4. The van der Waals surface area contributed by atoms with Crippen molar-refractivity contribution in [3.63, 3.8) is 0 Å². The number of likely N-dealkylation sites (tertiary alicyclic amines) is 1. The van der Waals surface area contributed by atoms with Crippen LogP contribution in [0.5, 0.6) is 0 Å². The lowest BCUT2D eigenvalue weighted by molar-refractivity contribution is -0.153. The highest BCUT2D eigenvalue weighted by molar-refractivity contribution is 5.93. The van der Waals surface area contributed by atoms with Crippen LogP contribution in [-0.4, -0.2) is 52.4 Å². The maximum atomic E-state index is 14.2. The van der Waals surface area contributed by atoms with Crippen LogP contribution in [0.2, 0.25) is 0 Å². The molecule has 7 nitrogen and oxygen atoms in total. The quantitative estimate of drug-likeness (QED) is 0.859. The minimum absolute atomic E-state index is 0.0543. The number of nitrogens with one attached hydrogen (secondary N) is 1. The third-order valence-corrected chi connectivity index (χ3v) is 5.33. The number of carbonyl (C=O) groups is 2. The topological polar surface area (TPSA) is 88.3 Å². The Kier molecular flexibility index (Phi) is 4.35. The molecule has 1 aromatic carbocycles. The van der Waals surface area contributed by atoms with Crippen LogP contribution in [0.3, 0.4) is 0 Å². The molecule has 2 fully saturated rings. The molecular weight excluding hydrogens is 377 g/mol. The molecule has 1 spiro atoms. The van der Waals surface area contributed by atoms with E-state index in [4.69, 9.17) is 4.52 Å². The highest BCUT2D eigenvalue weighted by Gasteiger charge is 2.64. The molecule has 1 N–H and O–H groups in total. The average Bonchev–Trinajstić information content (AvgIpc) is 3.29. The molecule has 10 heteroatoms. The second-order valence-electron chi connectivity index (χ2n) is 7.17. The summed E-state index contributed by atoms with van der Waals surface area (Å²) in [6, 6.07) is 5.40. The third kappa shape index (κ3) is 3.34. The van der Waals surface area contributed by atoms with Crippen molar-refractivity contribution in [1.82, 2.24) is 20.4 Å². The minimum atomic E-state index is -2.90. The third-order valence-electron chi connectivity index (χ3n) is 5.33. The predicted octanol–water partition coefficient (Wildman–Crippen LogP) is 2.25. The summed E-state index contributed by atoms with van der Waals surface area (Å²) >= 11 is 0. The highest BCUT2D eigenvalue weighted by atomic mass is 19.3. The summed E-state index contributed by atoms with van der Waals surface area (Å²) in [7, 11) is 0. The van der Waals surface area contributed by atoms with Gasteiger partial charge >= 0.3 is 0 Å². The maximum absolute atomic E-state index is 14.2. The first-order valence-corrected chi connectivity index (χ1v) is 8.83. The van der Waals surface area contributed by atoms with Crippen LogP contribution in [-0.2, 0) is 4.79 Å². The molecule has 28 heavy (non-hydrogen) atoms. The Balaban J connectivity index is 1.34. The monoisotopic (exact) mass is 394 g/mol. The van der Waals surface area contributed by atoms with Crippen LogP contribution in [0.15, 0.2) is 28.8 Å². The summed E-state index contributed by atoms with van der Waals surface area (Å²) in [6.07, 6.45) is 1.25. The van der Waals surface area contributed by atoms with Gasteiger partial charge in [0.1, 0.15) is 5.82 Å². The van der Waals surface area contributed by atoms with Gasteiger partial charge in [0, 0.05) is 17.5 Å². The predicted molar refractivity (Wildman–Crippen MR) is 89.8 cm³/mol. The Morgan fingerprint density at radius 2 is 2.04 bits per heavy atom. The number of nitrogens with zero attached hydrogens (tertiary/aromatic N) is 3. The first kappa shape index (κ1) is 18.5. The van der Waals surface area contributed by atoms with E-state index in [-0.39, 0.29) is 24.7 Å². The van der Waals surface area contributed by atoms with Gasteiger partial charge in [-0.05, 0) is 37.5 Å². The standard InChI is InChI=1S/C18H17F3N4O3/c19-12-3-1-2-11(8-12)16-23-14(24-28-16)15(27)22-9-13(26)25-7-6-17(4-5-17)18(20,21)10-25/h1-3,8H,4-7,9-10H2,(H,22,27). The van der Waals surface area contributed by atoms with Gasteiger partial charge in [-0.15, -0.1) is 0 Å². The molecule has 2 heterocycles. The molecule has 0 atom stereocenters. The summed E-state index contributed by atoms with van der Waals surface area (Å²) < 4.78 is 46.5. The first-order valence-electron chi connectivity index (χ1n) is 8.83. The zero-order valence-corrected chi connectivity index (χ0v) is 14.8. The lowest BCUT2D eigenvalue weighted by atomic mass is 9.89. The van der Waals surface area contributed by atoms with E-state index in [9.17, 15) is 22.8 Å². The van der Waals surface area contributed by atoms with E-state index in [0.717, 1.165) is 4.90 Å². The molecule has 0 unspecified atom stereocenters. The van der Waals surface area contributed by atoms with Crippen LogP contribution in [0, 0.1) is 11.2 Å². The van der Waals surface area contributed by atoms with Crippen molar-refractivity contribution in [3.05, 3.63) is 35.9 Å². The van der Waals surface area contributed by atoms with Gasteiger partial charge in [0.2, 0.25) is 5.91 Å². The zero-order chi connectivity index (χ0) is 19.9. The largest absolute Gasteiger partial charge is 0.340 e. The number of halogens is 3. The van der Waals surface area contributed by atoms with Crippen LogP contribution >= 0.6 is 0 Å². The van der Waals surface area contributed by atoms with Crippen LogP contribution in [0.1, 0.15) is 29.9 Å². The van der Waals surface area contributed by atoms with Gasteiger partial charge in [0.15, 0.2) is 0 Å². The Bertz CT molecular complexity index is 926. The number of aromatic nitrogens is 2. The van der Waals surface area contributed by atoms with Crippen LogP contribution in [0.25, 0.3) is 11.5 Å². The van der Waals surface area contributed by atoms with E-state index in [1.165, 1.54) is 24.3 Å². The molecule has 0 bridgehead atoms. The second-order valence-corrected chi connectivity index (χ2v) is 7.17. The number of hydrogen-bond acceptors (Lipinski definition) is 5. The molecule has 2 amide bonds. The normalized spacial score (nSPS) is 19.5. The Morgan fingerprint density at radius 3 is 2.71 bits per heavy atom. The molecule has 1 aliphatic carbocycles. The summed E-state index contributed by atoms with van der Waals surface area (Å²) in [5.74, 6) is -5.19. The number of alkyl halides is 2. The fraction of sp³-hybridized carbons (Fsp3) is 0.444. The highest BCUT2D eigenvalue weighted by Crippen LogP contribution is 2.61. The van der Waals surface area contributed by atoms with E-state index in [2.05, 4.69) is 15.5 Å². The lowest BCUT2D eigenvalue weighted by Gasteiger charge is -2.38. The summed E-state index contributed by atoms with van der Waals surface area (Å²) in [6.45, 7) is -0.838. The lowest BCUT2D eigenvalue weighted by Crippen LogP contribution is -2.53. The van der Waals surface area contributed by atoms with Gasteiger partial charge in [0.05, 0.1) is 13.1 Å². The SMILES string of the molecule is O=C(NCC(=O)N1CCC2(CC2)C(F)(F)C1)c1noc(-c2cccc(F)c2)n1. The van der Waals surface area contributed by atoms with Crippen molar-refractivity contribution in [2.24, 2.45) is 5.41 Å². The number of piperidine rings is 1. The fourth-order valence-electron chi connectivity index (χ4n) is 3.40. The molecule has 2 aromatic rings. The maximum Gasteiger partial charge on any atom is 0.293 e. The minimum Gasteiger partial charge on any atom is -0.340 e. The van der Waals surface area contributed by atoms with E-state index >= 15 is 0 Å². The van der Waals surface area contributed by atoms with Gasteiger partial charge in [-0.25, -0.2) is 13.2 Å². The summed E-state index contributed by atoms with van der Waals surface area (Å²) in [5, 5.41) is 5.80. The summed E-state index contributed by atoms with van der Waals surface area (Å²) in [5.41, 5.74) is -0.641. The van der Waals surface area contributed by atoms with E-state index in [1.54, 1.807) is 0 Å².